The highest BCUT2D eigenvalue weighted by Gasteiger charge is 2.28. The van der Waals surface area contributed by atoms with Crippen molar-refractivity contribution < 1.29 is 0 Å². The van der Waals surface area contributed by atoms with Crippen molar-refractivity contribution in [2.45, 2.75) is 0 Å². The molecule has 0 saturated heterocycles. The highest BCUT2D eigenvalue weighted by molar-refractivity contribution is 6.33. The summed E-state index contributed by atoms with van der Waals surface area (Å²) in [5.41, 5.74) is 19.8. The van der Waals surface area contributed by atoms with E-state index in [0.717, 1.165) is 38.8 Å². The van der Waals surface area contributed by atoms with Gasteiger partial charge in [-0.2, -0.15) is 0 Å². The summed E-state index contributed by atoms with van der Waals surface area (Å²) in [5, 5.41) is 18.4. The van der Waals surface area contributed by atoms with Gasteiger partial charge in [0.25, 0.3) is 0 Å². The minimum atomic E-state index is 0.978. The van der Waals surface area contributed by atoms with Gasteiger partial charge in [0.1, 0.15) is 5.65 Å². The molecule has 19 aromatic rings. The minimum Gasteiger partial charge on any atom is -0.309 e. The van der Waals surface area contributed by atoms with Crippen LogP contribution in [-0.4, -0.2) is 22.9 Å². The summed E-state index contributed by atoms with van der Waals surface area (Å²) in [5.74, 6) is 0. The van der Waals surface area contributed by atoms with Crippen LogP contribution in [0.2, 0.25) is 0 Å². The lowest BCUT2D eigenvalue weighted by molar-refractivity contribution is 1.18. The highest BCUT2D eigenvalue weighted by Crippen LogP contribution is 2.50. The van der Waals surface area contributed by atoms with Crippen LogP contribution in [-0.2, 0) is 0 Å². The predicted molar refractivity (Wildman–Crippen MR) is 328 cm³/mol. The van der Waals surface area contributed by atoms with Crippen LogP contribution in [0.25, 0.3) is 175 Å². The number of pyridine rings is 1. The molecule has 19 rings (SSSR count). The van der Waals surface area contributed by atoms with Crippen LogP contribution >= 0.6 is 0 Å². The summed E-state index contributed by atoms with van der Waals surface area (Å²) in [7, 11) is 0. The molecular weight excluding hydrogens is 947 g/mol. The van der Waals surface area contributed by atoms with Crippen molar-refractivity contribution in [3.63, 3.8) is 0 Å². The van der Waals surface area contributed by atoms with E-state index in [2.05, 4.69) is 267 Å². The molecule has 0 radical (unpaired) electrons. The molecule has 0 aliphatic carbocycles. The molecule has 5 heteroatoms. The number of rotatable bonds is 4. The molecule has 0 saturated carbocycles. The number of hydrogen-bond acceptors (Lipinski definition) is 1. The topological polar surface area (TPSA) is 31.6 Å². The van der Waals surface area contributed by atoms with Crippen LogP contribution in [0.4, 0.5) is 0 Å². The third-order valence-corrected chi connectivity index (χ3v) is 17.5. The maximum absolute atomic E-state index is 5.96. The first-order chi connectivity index (χ1) is 38.7. The van der Waals surface area contributed by atoms with Crippen LogP contribution < -0.4 is 0 Å². The number of hydrogen-bond donors (Lipinski definition) is 0. The molecule has 0 unspecified atom stereocenters. The third-order valence-electron chi connectivity index (χ3n) is 17.5. The van der Waals surface area contributed by atoms with Crippen molar-refractivity contribution in [3.8, 4) is 33.6 Å². The van der Waals surface area contributed by atoms with Crippen molar-refractivity contribution in [2.75, 3.05) is 0 Å². The molecule has 0 bridgehead atoms. The Bertz CT molecular complexity index is 5760. The largest absolute Gasteiger partial charge is 0.309 e. The van der Waals surface area contributed by atoms with Gasteiger partial charge in [-0.1, -0.05) is 170 Å². The van der Waals surface area contributed by atoms with Crippen molar-refractivity contribution in [1.29, 1.82) is 0 Å². The van der Waals surface area contributed by atoms with Crippen LogP contribution in [0.1, 0.15) is 0 Å². The summed E-state index contributed by atoms with van der Waals surface area (Å²) in [6.07, 6.45) is 0. The first-order valence-corrected chi connectivity index (χ1v) is 27.0. The molecule has 0 aliphatic heterocycles. The molecule has 7 aromatic heterocycles. The quantitative estimate of drug-likeness (QED) is 0.173. The summed E-state index contributed by atoms with van der Waals surface area (Å²) >= 11 is 0. The van der Waals surface area contributed by atoms with Crippen molar-refractivity contribution in [2.24, 2.45) is 0 Å². The standard InChI is InChI=1S/C73H41N5/c1-3-19-46(20-4-1)75-61-31-13-11-25-50(61)57-38-44(33-35-63(57)75)56-37-42-17-8-10-24-49(42)67-54-29-16-30-55-68-65(77(70(54)55)71(56)67)41-60-53-28-15-27-52-59-39-43-18-7-9-23-48(43)66(72(59)78(69(52)53)73(60)74-68)45-34-36-64-58(40-45)51-26-12-14-32-62(51)76(64)47-21-5-2-6-22-47/h1-41H. The van der Waals surface area contributed by atoms with E-state index in [1.165, 1.54) is 136 Å². The Morgan fingerprint density at radius 3 is 1.47 bits per heavy atom. The highest BCUT2D eigenvalue weighted by atomic mass is 15.0. The Morgan fingerprint density at radius 2 is 0.782 bits per heavy atom. The van der Waals surface area contributed by atoms with Gasteiger partial charge in [0.05, 0.1) is 55.2 Å². The average molecular weight is 988 g/mol. The van der Waals surface area contributed by atoms with Crippen molar-refractivity contribution in [3.05, 3.63) is 249 Å². The Kier molecular flexibility index (Phi) is 7.68. The SMILES string of the molecule is c1ccc(-n2c3ccccc3c3cc(-c4cc5ccccc5c5c6cccc7c8nc9c(cc8n(c45)c76)c4cccc5c6cc7ccccc7c(-c7ccc8c(c7)c7ccccc7n8-c7ccccc7)c6n9c45)ccc32)cc1. The third kappa shape index (κ3) is 5.09. The normalized spacial score (nSPS) is 12.6. The van der Waals surface area contributed by atoms with Gasteiger partial charge < -0.3 is 13.5 Å². The second kappa shape index (κ2) is 14.7. The van der Waals surface area contributed by atoms with Gasteiger partial charge in [-0.15, -0.1) is 0 Å². The van der Waals surface area contributed by atoms with Crippen molar-refractivity contribution in [1.82, 2.24) is 22.9 Å². The fourth-order valence-corrected chi connectivity index (χ4v) is 14.4. The van der Waals surface area contributed by atoms with E-state index in [1.54, 1.807) is 0 Å². The number of nitrogens with zero attached hydrogens (tertiary/aromatic N) is 5. The summed E-state index contributed by atoms with van der Waals surface area (Å²) in [4.78, 5) is 5.96. The molecule has 0 N–H and O–H groups in total. The summed E-state index contributed by atoms with van der Waals surface area (Å²) in [6, 6.07) is 92.3. The van der Waals surface area contributed by atoms with E-state index in [4.69, 9.17) is 4.98 Å². The molecule has 5 nitrogen and oxygen atoms in total. The van der Waals surface area contributed by atoms with Gasteiger partial charge in [0.15, 0.2) is 0 Å². The summed E-state index contributed by atoms with van der Waals surface area (Å²) < 4.78 is 9.88. The average Bonchev–Trinajstić information content (AvgIpc) is 3.79. The Hall–Kier alpha value is -10.5. The lowest BCUT2D eigenvalue weighted by atomic mass is 9.93. The molecule has 0 atom stereocenters. The van der Waals surface area contributed by atoms with Crippen LogP contribution in [0.3, 0.4) is 0 Å². The van der Waals surface area contributed by atoms with Gasteiger partial charge in [-0.05, 0) is 112 Å². The van der Waals surface area contributed by atoms with E-state index < -0.39 is 0 Å². The fourth-order valence-electron chi connectivity index (χ4n) is 14.4. The molecule has 0 spiro atoms. The molecule has 7 heterocycles. The lowest BCUT2D eigenvalue weighted by Crippen LogP contribution is -1.93. The molecule has 358 valence electrons. The van der Waals surface area contributed by atoms with E-state index in [-0.39, 0.29) is 0 Å². The van der Waals surface area contributed by atoms with Crippen LogP contribution in [0.15, 0.2) is 249 Å². The molecular formula is C73H41N5. The second-order valence-electron chi connectivity index (χ2n) is 21.4. The van der Waals surface area contributed by atoms with E-state index in [1.807, 2.05) is 0 Å². The van der Waals surface area contributed by atoms with Crippen LogP contribution in [0.5, 0.6) is 0 Å². The van der Waals surface area contributed by atoms with E-state index >= 15 is 0 Å². The van der Waals surface area contributed by atoms with Crippen molar-refractivity contribution >= 4 is 142 Å². The zero-order chi connectivity index (χ0) is 50.5. The lowest BCUT2D eigenvalue weighted by Gasteiger charge is -2.13. The monoisotopic (exact) mass is 987 g/mol. The van der Waals surface area contributed by atoms with E-state index in [9.17, 15) is 0 Å². The fraction of sp³-hybridized carbons (Fsp3) is 0. The predicted octanol–water partition coefficient (Wildman–Crippen LogP) is 19.2. The maximum atomic E-state index is 5.96. The molecule has 12 aromatic carbocycles. The van der Waals surface area contributed by atoms with Gasteiger partial charge in [0, 0.05) is 81.8 Å². The van der Waals surface area contributed by atoms with E-state index in [0.29, 0.717) is 0 Å². The number of fused-ring (bicyclic) bond motifs is 21. The minimum absolute atomic E-state index is 0.978. The van der Waals surface area contributed by atoms with Gasteiger partial charge in [-0.3, -0.25) is 4.40 Å². The zero-order valence-corrected chi connectivity index (χ0v) is 41.9. The first-order valence-electron chi connectivity index (χ1n) is 27.0. The second-order valence-corrected chi connectivity index (χ2v) is 21.4. The van der Waals surface area contributed by atoms with Gasteiger partial charge in [0.2, 0.25) is 0 Å². The maximum Gasteiger partial charge on any atom is 0.146 e. The molecule has 0 fully saturated rings. The Morgan fingerprint density at radius 1 is 0.269 bits per heavy atom. The number of benzene rings is 12. The summed E-state index contributed by atoms with van der Waals surface area (Å²) in [6.45, 7) is 0. The zero-order valence-electron chi connectivity index (χ0n) is 41.9. The first kappa shape index (κ1) is 40.8. The van der Waals surface area contributed by atoms with Gasteiger partial charge in [-0.25, -0.2) is 4.98 Å². The molecule has 0 amide bonds. The van der Waals surface area contributed by atoms with Gasteiger partial charge >= 0.3 is 0 Å². The number of para-hydroxylation sites is 6. The molecule has 0 aliphatic rings. The van der Waals surface area contributed by atoms with Crippen LogP contribution in [0, 0.1) is 0 Å². The smallest absolute Gasteiger partial charge is 0.146 e. The Balaban J connectivity index is 0.921. The Labute approximate surface area is 444 Å². The number of aromatic nitrogens is 5. The molecule has 78 heavy (non-hydrogen) atoms.